The molecule has 0 bridgehead atoms. The first-order chi connectivity index (χ1) is 13.9. The molecule has 8 heteroatoms. The number of alkyl halides is 3. The van der Waals surface area contributed by atoms with E-state index in [0.717, 1.165) is 25.5 Å². The Kier molecular flexibility index (Phi) is 5.36. The minimum absolute atomic E-state index is 0.0104. The van der Waals surface area contributed by atoms with Gasteiger partial charge in [-0.2, -0.15) is 18.2 Å². The molecule has 2 aromatic carbocycles. The van der Waals surface area contributed by atoms with Gasteiger partial charge < -0.3 is 4.52 Å². The SMILES string of the molecule is Fc1ccc(-c2noc([C@@H]3CCCN(Cc4cccc(C(F)(F)F)c4)C3)n2)cc1. The molecule has 2 heterocycles. The van der Waals surface area contributed by atoms with E-state index in [-0.39, 0.29) is 11.7 Å². The molecule has 0 unspecified atom stereocenters. The molecule has 0 spiro atoms. The Morgan fingerprint density at radius 2 is 1.90 bits per heavy atom. The number of aromatic nitrogens is 2. The second-order valence-electron chi connectivity index (χ2n) is 7.24. The van der Waals surface area contributed by atoms with Crippen molar-refractivity contribution < 1.29 is 22.1 Å². The summed E-state index contributed by atoms with van der Waals surface area (Å²) >= 11 is 0. The van der Waals surface area contributed by atoms with Crippen LogP contribution in [0.4, 0.5) is 17.6 Å². The Bertz CT molecular complexity index is 969. The highest BCUT2D eigenvalue weighted by Crippen LogP contribution is 2.31. The smallest absolute Gasteiger partial charge is 0.339 e. The van der Waals surface area contributed by atoms with E-state index in [1.807, 2.05) is 0 Å². The standard InChI is InChI=1S/C21H19F4N3O/c22-18-8-6-15(7-9-18)19-26-20(29-27-19)16-4-2-10-28(13-16)12-14-3-1-5-17(11-14)21(23,24)25/h1,3,5-9,11,16H,2,4,10,12-13H2/t16-/m1/s1. The number of likely N-dealkylation sites (tertiary alicyclic amines) is 1. The summed E-state index contributed by atoms with van der Waals surface area (Å²) in [5, 5.41) is 3.99. The van der Waals surface area contributed by atoms with E-state index in [2.05, 4.69) is 15.0 Å². The third-order valence-electron chi connectivity index (χ3n) is 5.06. The minimum Gasteiger partial charge on any atom is -0.339 e. The molecule has 3 aromatic rings. The van der Waals surface area contributed by atoms with Crippen molar-refractivity contribution in [2.45, 2.75) is 31.5 Å². The van der Waals surface area contributed by atoms with Crippen molar-refractivity contribution in [3.8, 4) is 11.4 Å². The normalized spacial score (nSPS) is 18.1. The van der Waals surface area contributed by atoms with Crippen LogP contribution in [-0.2, 0) is 12.7 Å². The lowest BCUT2D eigenvalue weighted by atomic mass is 9.97. The quantitative estimate of drug-likeness (QED) is 0.555. The molecular weight excluding hydrogens is 386 g/mol. The van der Waals surface area contributed by atoms with Crippen LogP contribution in [0, 0.1) is 5.82 Å². The summed E-state index contributed by atoms with van der Waals surface area (Å²) in [4.78, 5) is 6.55. The molecule has 1 aliphatic rings. The zero-order chi connectivity index (χ0) is 20.4. The molecule has 0 amide bonds. The molecule has 152 valence electrons. The number of rotatable bonds is 4. The van der Waals surface area contributed by atoms with E-state index in [9.17, 15) is 17.6 Å². The molecule has 1 aliphatic heterocycles. The fourth-order valence-corrected chi connectivity index (χ4v) is 3.62. The zero-order valence-corrected chi connectivity index (χ0v) is 15.5. The number of piperidine rings is 1. The van der Waals surface area contributed by atoms with Gasteiger partial charge in [0.05, 0.1) is 11.5 Å². The topological polar surface area (TPSA) is 42.2 Å². The van der Waals surface area contributed by atoms with E-state index < -0.39 is 11.7 Å². The van der Waals surface area contributed by atoms with Gasteiger partial charge in [0.25, 0.3) is 0 Å². The Hall–Kier alpha value is -2.74. The Balaban J connectivity index is 1.44. The summed E-state index contributed by atoms with van der Waals surface area (Å²) in [6.07, 6.45) is -2.59. The fourth-order valence-electron chi connectivity index (χ4n) is 3.62. The molecule has 0 saturated carbocycles. The van der Waals surface area contributed by atoms with E-state index in [1.165, 1.54) is 24.3 Å². The third kappa shape index (κ3) is 4.64. The molecular formula is C21H19F4N3O. The lowest BCUT2D eigenvalue weighted by molar-refractivity contribution is -0.137. The molecule has 4 rings (SSSR count). The predicted molar refractivity (Wildman–Crippen MR) is 98.4 cm³/mol. The van der Waals surface area contributed by atoms with Crippen LogP contribution >= 0.6 is 0 Å². The van der Waals surface area contributed by atoms with Crippen LogP contribution in [0.1, 0.15) is 35.8 Å². The summed E-state index contributed by atoms with van der Waals surface area (Å²) in [5.74, 6) is 0.569. The van der Waals surface area contributed by atoms with Crippen LogP contribution in [0.5, 0.6) is 0 Å². The number of nitrogens with zero attached hydrogens (tertiary/aromatic N) is 3. The van der Waals surface area contributed by atoms with Crippen LogP contribution < -0.4 is 0 Å². The maximum absolute atomic E-state index is 13.1. The molecule has 0 aliphatic carbocycles. The molecule has 29 heavy (non-hydrogen) atoms. The van der Waals surface area contributed by atoms with E-state index >= 15 is 0 Å². The summed E-state index contributed by atoms with van der Waals surface area (Å²) < 4.78 is 57.3. The first-order valence-corrected chi connectivity index (χ1v) is 9.36. The summed E-state index contributed by atoms with van der Waals surface area (Å²) in [6, 6.07) is 11.3. The highest BCUT2D eigenvalue weighted by atomic mass is 19.4. The average molecular weight is 405 g/mol. The summed E-state index contributed by atoms with van der Waals surface area (Å²) in [6.45, 7) is 1.85. The Labute approximate surface area is 165 Å². The van der Waals surface area contributed by atoms with Crippen molar-refractivity contribution in [3.63, 3.8) is 0 Å². The van der Waals surface area contributed by atoms with Crippen LogP contribution in [0.25, 0.3) is 11.4 Å². The molecule has 4 nitrogen and oxygen atoms in total. The molecule has 1 fully saturated rings. The van der Waals surface area contributed by atoms with Crippen molar-refractivity contribution in [3.05, 3.63) is 71.4 Å². The largest absolute Gasteiger partial charge is 0.416 e. The number of hydrogen-bond acceptors (Lipinski definition) is 4. The van der Waals surface area contributed by atoms with Gasteiger partial charge in [-0.1, -0.05) is 23.4 Å². The van der Waals surface area contributed by atoms with Crippen molar-refractivity contribution in [1.82, 2.24) is 15.0 Å². The van der Waals surface area contributed by atoms with Gasteiger partial charge >= 0.3 is 6.18 Å². The summed E-state index contributed by atoms with van der Waals surface area (Å²) in [7, 11) is 0. The number of hydrogen-bond donors (Lipinski definition) is 0. The second kappa shape index (κ2) is 7.94. The van der Waals surface area contributed by atoms with Crippen molar-refractivity contribution in [2.75, 3.05) is 13.1 Å². The van der Waals surface area contributed by atoms with Gasteiger partial charge in [-0.05, 0) is 55.3 Å². The Morgan fingerprint density at radius 1 is 1.10 bits per heavy atom. The first kappa shape index (κ1) is 19.6. The van der Waals surface area contributed by atoms with Gasteiger partial charge in [-0.3, -0.25) is 4.90 Å². The fraction of sp³-hybridized carbons (Fsp3) is 0.333. The zero-order valence-electron chi connectivity index (χ0n) is 15.5. The van der Waals surface area contributed by atoms with Crippen molar-refractivity contribution in [1.29, 1.82) is 0 Å². The van der Waals surface area contributed by atoms with Crippen LogP contribution in [-0.4, -0.2) is 28.1 Å². The maximum Gasteiger partial charge on any atom is 0.416 e. The monoisotopic (exact) mass is 405 g/mol. The number of benzene rings is 2. The minimum atomic E-state index is -4.35. The third-order valence-corrected chi connectivity index (χ3v) is 5.06. The molecule has 0 radical (unpaired) electrons. The van der Waals surface area contributed by atoms with Gasteiger partial charge in [-0.25, -0.2) is 4.39 Å². The molecule has 1 aromatic heterocycles. The molecule has 1 atom stereocenters. The van der Waals surface area contributed by atoms with Gasteiger partial charge in [0.1, 0.15) is 5.82 Å². The van der Waals surface area contributed by atoms with Crippen LogP contribution in [0.15, 0.2) is 53.1 Å². The van der Waals surface area contributed by atoms with Gasteiger partial charge in [0, 0.05) is 18.7 Å². The van der Waals surface area contributed by atoms with Crippen LogP contribution in [0.3, 0.4) is 0 Å². The first-order valence-electron chi connectivity index (χ1n) is 9.36. The van der Waals surface area contributed by atoms with E-state index in [0.29, 0.717) is 35.9 Å². The van der Waals surface area contributed by atoms with Crippen molar-refractivity contribution >= 4 is 0 Å². The lowest BCUT2D eigenvalue weighted by Gasteiger charge is -2.31. The van der Waals surface area contributed by atoms with Gasteiger partial charge in [0.2, 0.25) is 11.7 Å². The average Bonchev–Trinajstić information content (AvgIpc) is 3.19. The Morgan fingerprint density at radius 3 is 2.66 bits per heavy atom. The number of halogens is 4. The van der Waals surface area contributed by atoms with E-state index in [4.69, 9.17) is 4.52 Å². The van der Waals surface area contributed by atoms with Gasteiger partial charge in [-0.15, -0.1) is 0 Å². The highest BCUT2D eigenvalue weighted by Gasteiger charge is 2.31. The lowest BCUT2D eigenvalue weighted by Crippen LogP contribution is -2.34. The van der Waals surface area contributed by atoms with Crippen LogP contribution in [0.2, 0.25) is 0 Å². The summed E-state index contributed by atoms with van der Waals surface area (Å²) in [5.41, 5.74) is 0.653. The predicted octanol–water partition coefficient (Wildman–Crippen LogP) is 5.27. The van der Waals surface area contributed by atoms with E-state index in [1.54, 1.807) is 18.2 Å². The maximum atomic E-state index is 13.1. The van der Waals surface area contributed by atoms with Gasteiger partial charge in [0.15, 0.2) is 0 Å². The highest BCUT2D eigenvalue weighted by molar-refractivity contribution is 5.53. The molecule has 1 saturated heterocycles. The second-order valence-corrected chi connectivity index (χ2v) is 7.24. The van der Waals surface area contributed by atoms with Crippen molar-refractivity contribution in [2.24, 2.45) is 0 Å². The molecule has 0 N–H and O–H groups in total.